The predicted octanol–water partition coefficient (Wildman–Crippen LogP) is 0.665. The summed E-state index contributed by atoms with van der Waals surface area (Å²) in [6, 6.07) is 1.81. The van der Waals surface area contributed by atoms with E-state index in [2.05, 4.69) is 9.97 Å². The number of nitrogens with zero attached hydrogens (tertiary/aromatic N) is 3. The fraction of sp³-hybridized carbons (Fsp3) is 0.222. The van der Waals surface area contributed by atoms with E-state index in [1.54, 1.807) is 16.9 Å². The minimum Gasteiger partial charge on any atom is -0.481 e. The Labute approximate surface area is 80.0 Å². The summed E-state index contributed by atoms with van der Waals surface area (Å²) in [6.45, 7) is 1.87. The minimum atomic E-state index is -0.877. The normalized spacial score (nSPS) is 10.6. The van der Waals surface area contributed by atoms with E-state index in [1.165, 1.54) is 0 Å². The Bertz CT molecular complexity index is 490. The first-order chi connectivity index (χ1) is 6.65. The van der Waals surface area contributed by atoms with E-state index in [9.17, 15) is 4.79 Å². The zero-order valence-electron chi connectivity index (χ0n) is 7.64. The Balaban J connectivity index is 2.46. The molecule has 2 aromatic rings. The molecule has 72 valence electrons. The van der Waals surface area contributed by atoms with Crippen molar-refractivity contribution in [2.45, 2.75) is 13.3 Å². The Morgan fingerprint density at radius 3 is 3.14 bits per heavy atom. The number of aryl methyl sites for hydroxylation is 1. The number of rotatable bonds is 2. The fourth-order valence-electron chi connectivity index (χ4n) is 1.28. The zero-order chi connectivity index (χ0) is 10.1. The molecule has 14 heavy (non-hydrogen) atoms. The van der Waals surface area contributed by atoms with Crippen molar-refractivity contribution in [2.75, 3.05) is 0 Å². The minimum absolute atomic E-state index is 0.0548. The maximum absolute atomic E-state index is 10.4. The maximum Gasteiger partial charge on any atom is 0.309 e. The molecule has 0 atom stereocenters. The van der Waals surface area contributed by atoms with Gasteiger partial charge in [-0.15, -0.1) is 0 Å². The molecular formula is C9H9N3O2. The second-order valence-corrected chi connectivity index (χ2v) is 3.10. The highest BCUT2D eigenvalue weighted by atomic mass is 16.4. The van der Waals surface area contributed by atoms with Crippen LogP contribution in [0.5, 0.6) is 0 Å². The van der Waals surface area contributed by atoms with Crippen LogP contribution in [0.2, 0.25) is 0 Å². The smallest absolute Gasteiger partial charge is 0.309 e. The lowest BCUT2D eigenvalue weighted by Gasteiger charge is -1.91. The second kappa shape index (κ2) is 3.10. The van der Waals surface area contributed by atoms with E-state index < -0.39 is 5.97 Å². The summed E-state index contributed by atoms with van der Waals surface area (Å²) in [4.78, 5) is 18.7. The van der Waals surface area contributed by atoms with Gasteiger partial charge in [0.05, 0.1) is 12.1 Å². The van der Waals surface area contributed by atoms with Crippen molar-refractivity contribution in [3.05, 3.63) is 30.0 Å². The number of hydrogen-bond acceptors (Lipinski definition) is 3. The van der Waals surface area contributed by atoms with Crippen LogP contribution >= 0.6 is 0 Å². The molecule has 0 aliphatic rings. The van der Waals surface area contributed by atoms with E-state index in [0.29, 0.717) is 5.69 Å². The van der Waals surface area contributed by atoms with E-state index >= 15 is 0 Å². The first-order valence-electron chi connectivity index (χ1n) is 4.17. The third-order valence-corrected chi connectivity index (χ3v) is 1.87. The summed E-state index contributed by atoms with van der Waals surface area (Å²) in [7, 11) is 0. The number of carbonyl (C=O) groups is 1. The molecule has 0 spiro atoms. The fourth-order valence-corrected chi connectivity index (χ4v) is 1.28. The predicted molar refractivity (Wildman–Crippen MR) is 49.1 cm³/mol. The molecule has 0 aliphatic carbocycles. The van der Waals surface area contributed by atoms with Gasteiger partial charge in [-0.05, 0) is 6.92 Å². The largest absolute Gasteiger partial charge is 0.481 e. The molecule has 0 unspecified atom stereocenters. The summed E-state index contributed by atoms with van der Waals surface area (Å²) in [5.74, 6) is -0.877. The molecule has 0 bridgehead atoms. The molecule has 0 aliphatic heterocycles. The number of imidazole rings is 1. The molecule has 0 radical (unpaired) electrons. The molecule has 0 aromatic carbocycles. The molecule has 2 heterocycles. The lowest BCUT2D eigenvalue weighted by Crippen LogP contribution is -1.99. The van der Waals surface area contributed by atoms with Gasteiger partial charge in [-0.1, -0.05) is 0 Å². The van der Waals surface area contributed by atoms with Crippen molar-refractivity contribution >= 4 is 11.6 Å². The zero-order valence-corrected chi connectivity index (χ0v) is 7.64. The van der Waals surface area contributed by atoms with Gasteiger partial charge in [0.25, 0.3) is 0 Å². The highest BCUT2D eigenvalue weighted by Crippen LogP contribution is 2.05. The van der Waals surface area contributed by atoms with Gasteiger partial charge in [0.15, 0.2) is 0 Å². The monoisotopic (exact) mass is 191 g/mol. The van der Waals surface area contributed by atoms with Crippen LogP contribution in [0.25, 0.3) is 5.65 Å². The van der Waals surface area contributed by atoms with Gasteiger partial charge in [-0.25, -0.2) is 9.97 Å². The van der Waals surface area contributed by atoms with Crippen molar-refractivity contribution in [2.24, 2.45) is 0 Å². The number of carboxylic acids is 1. The van der Waals surface area contributed by atoms with Crippen LogP contribution in [0, 0.1) is 6.92 Å². The van der Waals surface area contributed by atoms with Gasteiger partial charge in [0, 0.05) is 18.0 Å². The van der Waals surface area contributed by atoms with E-state index in [4.69, 9.17) is 5.11 Å². The molecule has 5 heteroatoms. The third kappa shape index (κ3) is 1.56. The third-order valence-electron chi connectivity index (χ3n) is 1.87. The van der Waals surface area contributed by atoms with Crippen molar-refractivity contribution < 1.29 is 9.90 Å². The Hall–Kier alpha value is -1.91. The molecule has 5 nitrogen and oxygen atoms in total. The SMILES string of the molecule is Cc1cc2nc(CC(=O)O)cn2cn1. The highest BCUT2D eigenvalue weighted by molar-refractivity contribution is 5.69. The topological polar surface area (TPSA) is 67.5 Å². The van der Waals surface area contributed by atoms with Crippen LogP contribution in [0.4, 0.5) is 0 Å². The van der Waals surface area contributed by atoms with Crippen LogP contribution in [-0.4, -0.2) is 25.4 Å². The summed E-state index contributed by atoms with van der Waals surface area (Å²) in [5, 5.41) is 8.58. The van der Waals surface area contributed by atoms with Crippen LogP contribution in [0.15, 0.2) is 18.6 Å². The Kier molecular flexibility index (Phi) is 1.92. The number of aromatic nitrogens is 3. The molecular weight excluding hydrogens is 182 g/mol. The Morgan fingerprint density at radius 1 is 1.64 bits per heavy atom. The Morgan fingerprint density at radius 2 is 2.43 bits per heavy atom. The van der Waals surface area contributed by atoms with Crippen LogP contribution < -0.4 is 0 Å². The average molecular weight is 191 g/mol. The summed E-state index contributed by atoms with van der Waals surface area (Å²) in [6.07, 6.45) is 3.25. The van der Waals surface area contributed by atoms with Gasteiger partial charge in [-0.2, -0.15) is 0 Å². The molecule has 1 N–H and O–H groups in total. The van der Waals surface area contributed by atoms with Crippen LogP contribution in [0.1, 0.15) is 11.4 Å². The van der Waals surface area contributed by atoms with Gasteiger partial charge >= 0.3 is 5.97 Å². The van der Waals surface area contributed by atoms with E-state index in [-0.39, 0.29) is 6.42 Å². The summed E-state index contributed by atoms with van der Waals surface area (Å²) >= 11 is 0. The lowest BCUT2D eigenvalue weighted by molar-refractivity contribution is -0.136. The second-order valence-electron chi connectivity index (χ2n) is 3.10. The lowest BCUT2D eigenvalue weighted by atomic mass is 10.3. The highest BCUT2D eigenvalue weighted by Gasteiger charge is 2.05. The summed E-state index contributed by atoms with van der Waals surface area (Å²) < 4.78 is 1.71. The van der Waals surface area contributed by atoms with Crippen molar-refractivity contribution in [1.82, 2.24) is 14.4 Å². The van der Waals surface area contributed by atoms with Crippen molar-refractivity contribution in [3.8, 4) is 0 Å². The standard InChI is InChI=1S/C9H9N3O2/c1-6-2-8-11-7(3-9(13)14)4-12(8)5-10-6/h2,4-5H,3H2,1H3,(H,13,14). The summed E-state index contributed by atoms with van der Waals surface area (Å²) in [5.41, 5.74) is 2.14. The maximum atomic E-state index is 10.4. The number of carboxylic acid groups (broad SMARTS) is 1. The molecule has 0 amide bonds. The molecule has 0 saturated carbocycles. The van der Waals surface area contributed by atoms with E-state index in [0.717, 1.165) is 11.3 Å². The molecule has 2 aromatic heterocycles. The number of fused-ring (bicyclic) bond motifs is 1. The van der Waals surface area contributed by atoms with Gasteiger partial charge in [0.2, 0.25) is 0 Å². The van der Waals surface area contributed by atoms with Crippen LogP contribution in [0.3, 0.4) is 0 Å². The molecule has 2 rings (SSSR count). The molecule has 0 fully saturated rings. The first kappa shape index (κ1) is 8.68. The van der Waals surface area contributed by atoms with Gasteiger partial charge in [-0.3, -0.25) is 9.20 Å². The van der Waals surface area contributed by atoms with Crippen molar-refractivity contribution in [3.63, 3.8) is 0 Å². The van der Waals surface area contributed by atoms with Crippen molar-refractivity contribution in [1.29, 1.82) is 0 Å². The van der Waals surface area contributed by atoms with Gasteiger partial charge in [0.1, 0.15) is 12.0 Å². The van der Waals surface area contributed by atoms with Crippen LogP contribution in [-0.2, 0) is 11.2 Å². The molecule has 0 saturated heterocycles. The van der Waals surface area contributed by atoms with E-state index in [1.807, 2.05) is 13.0 Å². The number of hydrogen-bond donors (Lipinski definition) is 1. The quantitative estimate of drug-likeness (QED) is 0.757. The average Bonchev–Trinajstić information content (AvgIpc) is 2.44. The first-order valence-corrected chi connectivity index (χ1v) is 4.17. The van der Waals surface area contributed by atoms with Gasteiger partial charge < -0.3 is 5.11 Å². The number of aliphatic carboxylic acids is 1.